The van der Waals surface area contributed by atoms with E-state index in [1.807, 2.05) is 12.1 Å². The summed E-state index contributed by atoms with van der Waals surface area (Å²) in [6.45, 7) is 6.98. The van der Waals surface area contributed by atoms with E-state index in [0.717, 1.165) is 37.0 Å². The fourth-order valence-electron chi connectivity index (χ4n) is 3.83. The molecule has 1 aliphatic heterocycles. The molecule has 3 rings (SSSR count). The van der Waals surface area contributed by atoms with E-state index in [-0.39, 0.29) is 5.82 Å². The number of nitrogens with one attached hydrogen (secondary N) is 1. The first-order chi connectivity index (χ1) is 9.76. The smallest absolute Gasteiger partial charge is 0.127 e. The highest BCUT2D eigenvalue weighted by Crippen LogP contribution is 2.38. The molecule has 0 spiro atoms. The fraction of sp³-hybridized carbons (Fsp3) is 0.647. The summed E-state index contributed by atoms with van der Waals surface area (Å²) in [5.41, 5.74) is 2.04. The maximum absolute atomic E-state index is 14.0. The number of likely N-dealkylation sites (tertiary alicyclic amines) is 1. The van der Waals surface area contributed by atoms with Crippen molar-refractivity contribution in [1.29, 1.82) is 0 Å². The molecular formula is C17H25FN2. The molecule has 2 unspecified atom stereocenters. The second kappa shape index (κ2) is 6.23. The van der Waals surface area contributed by atoms with Crippen LogP contribution < -0.4 is 5.32 Å². The van der Waals surface area contributed by atoms with E-state index in [9.17, 15) is 4.39 Å². The molecule has 20 heavy (non-hydrogen) atoms. The van der Waals surface area contributed by atoms with Crippen LogP contribution in [-0.4, -0.2) is 24.5 Å². The molecule has 2 nitrogen and oxygen atoms in total. The molecule has 0 aromatic heterocycles. The minimum Gasteiger partial charge on any atom is -0.313 e. The third kappa shape index (κ3) is 3.04. The number of rotatable bonds is 5. The third-order valence-corrected chi connectivity index (χ3v) is 4.89. The van der Waals surface area contributed by atoms with E-state index in [2.05, 4.69) is 17.1 Å². The monoisotopic (exact) mass is 276 g/mol. The summed E-state index contributed by atoms with van der Waals surface area (Å²) in [6, 6.07) is 5.55. The number of halogens is 1. The van der Waals surface area contributed by atoms with Crippen LogP contribution in [0.4, 0.5) is 4.39 Å². The first-order valence-electron chi connectivity index (χ1n) is 7.96. The van der Waals surface area contributed by atoms with E-state index < -0.39 is 0 Å². The van der Waals surface area contributed by atoms with Gasteiger partial charge in [-0.25, -0.2) is 4.39 Å². The predicted octanol–water partition coefficient (Wildman–Crippen LogP) is 3.17. The van der Waals surface area contributed by atoms with Crippen LogP contribution in [0, 0.1) is 17.7 Å². The largest absolute Gasteiger partial charge is 0.313 e. The molecule has 1 saturated heterocycles. The summed E-state index contributed by atoms with van der Waals surface area (Å²) in [6.07, 6.45) is 4.16. The van der Waals surface area contributed by atoms with Crippen LogP contribution in [0.2, 0.25) is 0 Å². The van der Waals surface area contributed by atoms with Gasteiger partial charge in [-0.1, -0.05) is 25.5 Å². The maximum Gasteiger partial charge on any atom is 0.127 e. The van der Waals surface area contributed by atoms with E-state index in [1.54, 1.807) is 6.07 Å². The van der Waals surface area contributed by atoms with Gasteiger partial charge in [0.1, 0.15) is 5.82 Å². The summed E-state index contributed by atoms with van der Waals surface area (Å²) in [5.74, 6) is 1.70. The summed E-state index contributed by atoms with van der Waals surface area (Å²) in [4.78, 5) is 2.45. The van der Waals surface area contributed by atoms with Crippen LogP contribution in [0.1, 0.15) is 37.3 Å². The Bertz CT molecular complexity index is 448. The Hall–Kier alpha value is -0.930. The molecule has 0 bridgehead atoms. The molecule has 1 aromatic rings. The molecular weight excluding hydrogens is 251 g/mol. The van der Waals surface area contributed by atoms with Crippen molar-refractivity contribution in [3.05, 3.63) is 35.1 Å². The van der Waals surface area contributed by atoms with E-state index in [4.69, 9.17) is 0 Å². The van der Waals surface area contributed by atoms with Crippen LogP contribution >= 0.6 is 0 Å². The number of hydrogen-bond donors (Lipinski definition) is 1. The third-order valence-electron chi connectivity index (χ3n) is 4.89. The van der Waals surface area contributed by atoms with Gasteiger partial charge in [0.15, 0.2) is 0 Å². The van der Waals surface area contributed by atoms with Gasteiger partial charge in [0.2, 0.25) is 0 Å². The summed E-state index contributed by atoms with van der Waals surface area (Å²) >= 11 is 0. The lowest BCUT2D eigenvalue weighted by atomic mass is 10.0. The van der Waals surface area contributed by atoms with Crippen molar-refractivity contribution in [3.8, 4) is 0 Å². The van der Waals surface area contributed by atoms with Crippen LogP contribution in [0.15, 0.2) is 18.2 Å². The molecule has 1 aromatic carbocycles. The van der Waals surface area contributed by atoms with E-state index in [1.165, 1.54) is 37.9 Å². The summed E-state index contributed by atoms with van der Waals surface area (Å²) in [7, 11) is 0. The van der Waals surface area contributed by atoms with Crippen molar-refractivity contribution < 1.29 is 4.39 Å². The Morgan fingerprint density at radius 3 is 2.70 bits per heavy atom. The molecule has 1 aliphatic carbocycles. The first kappa shape index (κ1) is 14.0. The maximum atomic E-state index is 14.0. The fourth-order valence-corrected chi connectivity index (χ4v) is 3.83. The minimum atomic E-state index is -0.0534. The molecule has 2 aliphatic rings. The number of fused-ring (bicyclic) bond motifs is 1. The molecule has 3 heteroatoms. The van der Waals surface area contributed by atoms with Gasteiger partial charge in [0.25, 0.3) is 0 Å². The molecule has 2 fully saturated rings. The summed E-state index contributed by atoms with van der Waals surface area (Å²) < 4.78 is 14.0. The zero-order valence-electron chi connectivity index (χ0n) is 12.4. The first-order valence-corrected chi connectivity index (χ1v) is 7.96. The number of benzene rings is 1. The van der Waals surface area contributed by atoms with Gasteiger partial charge in [-0.05, 0) is 42.9 Å². The van der Waals surface area contributed by atoms with Gasteiger partial charge in [0.05, 0.1) is 0 Å². The topological polar surface area (TPSA) is 15.3 Å². The Balaban J connectivity index is 1.64. The van der Waals surface area contributed by atoms with Gasteiger partial charge in [-0.2, -0.15) is 0 Å². The Kier molecular flexibility index (Phi) is 4.37. The second-order valence-corrected chi connectivity index (χ2v) is 6.35. The van der Waals surface area contributed by atoms with Crippen molar-refractivity contribution in [3.63, 3.8) is 0 Å². The highest BCUT2D eigenvalue weighted by molar-refractivity contribution is 5.25. The number of nitrogens with zero attached hydrogens (tertiary/aromatic N) is 1. The molecule has 1 heterocycles. The molecule has 1 saturated carbocycles. The van der Waals surface area contributed by atoms with Crippen molar-refractivity contribution in [2.24, 2.45) is 11.8 Å². The molecule has 0 amide bonds. The SMILES string of the molecule is CCNCc1ccc(F)c(CN2CC3CCCC3C2)c1. The Morgan fingerprint density at radius 1 is 1.25 bits per heavy atom. The lowest BCUT2D eigenvalue weighted by Gasteiger charge is -2.18. The highest BCUT2D eigenvalue weighted by atomic mass is 19.1. The highest BCUT2D eigenvalue weighted by Gasteiger charge is 2.35. The molecule has 0 radical (unpaired) electrons. The van der Waals surface area contributed by atoms with Crippen molar-refractivity contribution >= 4 is 0 Å². The Labute approximate surface area is 121 Å². The van der Waals surface area contributed by atoms with Crippen LogP contribution in [0.5, 0.6) is 0 Å². The van der Waals surface area contributed by atoms with Gasteiger partial charge in [-0.3, -0.25) is 4.90 Å². The number of hydrogen-bond acceptors (Lipinski definition) is 2. The van der Waals surface area contributed by atoms with Gasteiger partial charge >= 0.3 is 0 Å². The molecule has 1 N–H and O–H groups in total. The predicted molar refractivity (Wildman–Crippen MR) is 79.9 cm³/mol. The minimum absolute atomic E-state index is 0.0534. The van der Waals surface area contributed by atoms with Crippen molar-refractivity contribution in [2.75, 3.05) is 19.6 Å². The van der Waals surface area contributed by atoms with Gasteiger partial charge in [-0.15, -0.1) is 0 Å². The Morgan fingerprint density at radius 2 is 2.00 bits per heavy atom. The van der Waals surface area contributed by atoms with Crippen LogP contribution in [0.3, 0.4) is 0 Å². The van der Waals surface area contributed by atoms with Crippen LogP contribution in [-0.2, 0) is 13.1 Å². The lowest BCUT2D eigenvalue weighted by Crippen LogP contribution is -2.22. The molecule has 2 atom stereocenters. The van der Waals surface area contributed by atoms with Crippen molar-refractivity contribution in [1.82, 2.24) is 10.2 Å². The lowest BCUT2D eigenvalue weighted by molar-refractivity contribution is 0.298. The standard InChI is InChI=1S/C17H25FN2/c1-2-19-9-13-6-7-17(18)16(8-13)12-20-10-14-4-3-5-15(14)11-20/h6-8,14-15,19H,2-5,9-12H2,1H3. The van der Waals surface area contributed by atoms with Crippen molar-refractivity contribution in [2.45, 2.75) is 39.3 Å². The molecule has 110 valence electrons. The quantitative estimate of drug-likeness (QED) is 0.888. The van der Waals surface area contributed by atoms with Crippen LogP contribution in [0.25, 0.3) is 0 Å². The van der Waals surface area contributed by atoms with E-state index in [0.29, 0.717) is 0 Å². The van der Waals surface area contributed by atoms with Gasteiger partial charge in [0, 0.05) is 31.7 Å². The zero-order valence-corrected chi connectivity index (χ0v) is 12.4. The van der Waals surface area contributed by atoms with E-state index >= 15 is 0 Å². The van der Waals surface area contributed by atoms with Gasteiger partial charge < -0.3 is 5.32 Å². The zero-order chi connectivity index (χ0) is 13.9. The summed E-state index contributed by atoms with van der Waals surface area (Å²) in [5, 5.41) is 3.30. The average molecular weight is 276 g/mol. The normalized spacial score (nSPS) is 26.1. The second-order valence-electron chi connectivity index (χ2n) is 6.35. The average Bonchev–Trinajstić information content (AvgIpc) is 3.00.